The molecule has 0 aliphatic heterocycles. The maximum Gasteiger partial charge on any atom is 0.324 e. The summed E-state index contributed by atoms with van der Waals surface area (Å²) < 4.78 is 0. The first kappa shape index (κ1) is 14.5. The Hall–Kier alpha value is -2.94. The van der Waals surface area contributed by atoms with E-state index < -0.39 is 16.5 Å². The maximum absolute atomic E-state index is 11.7. The van der Waals surface area contributed by atoms with Gasteiger partial charge in [0.1, 0.15) is 0 Å². The maximum atomic E-state index is 11.7. The molecular formula is C11H8ClN5O4. The van der Waals surface area contributed by atoms with E-state index in [1.165, 1.54) is 24.3 Å². The molecule has 0 aliphatic carbocycles. The molecule has 2 aromatic rings. The lowest BCUT2D eigenvalue weighted by molar-refractivity contribution is -0.384. The molecule has 0 radical (unpaired) electrons. The van der Waals surface area contributed by atoms with Crippen molar-refractivity contribution in [3.8, 4) is 0 Å². The van der Waals surface area contributed by atoms with Crippen LogP contribution in [0.1, 0.15) is 0 Å². The van der Waals surface area contributed by atoms with E-state index in [1.54, 1.807) is 0 Å². The highest BCUT2D eigenvalue weighted by Gasteiger charge is 2.12. The number of carbonyl (C=O) groups is 1. The molecule has 9 nitrogen and oxygen atoms in total. The summed E-state index contributed by atoms with van der Waals surface area (Å²) >= 11 is 5.84. The van der Waals surface area contributed by atoms with Crippen molar-refractivity contribution in [3.05, 3.63) is 55.8 Å². The van der Waals surface area contributed by atoms with Crippen molar-refractivity contribution in [2.75, 3.05) is 10.6 Å². The Labute approximate surface area is 122 Å². The largest absolute Gasteiger partial charge is 0.324 e. The van der Waals surface area contributed by atoms with E-state index in [9.17, 15) is 19.7 Å². The van der Waals surface area contributed by atoms with Gasteiger partial charge in [0.25, 0.3) is 11.2 Å². The van der Waals surface area contributed by atoms with Crippen LogP contribution in [-0.4, -0.2) is 21.2 Å². The van der Waals surface area contributed by atoms with Crippen molar-refractivity contribution >= 4 is 34.8 Å². The van der Waals surface area contributed by atoms with Crippen LogP contribution in [0.5, 0.6) is 0 Å². The second kappa shape index (κ2) is 6.01. The second-order valence-corrected chi connectivity index (χ2v) is 4.21. The number of aromatic nitrogens is 2. The molecule has 1 aromatic carbocycles. The third-order valence-electron chi connectivity index (χ3n) is 2.33. The molecule has 1 heterocycles. The Balaban J connectivity index is 2.12. The summed E-state index contributed by atoms with van der Waals surface area (Å²) in [6.07, 6.45) is 0. The van der Waals surface area contributed by atoms with Crippen molar-refractivity contribution < 1.29 is 9.72 Å². The van der Waals surface area contributed by atoms with Crippen molar-refractivity contribution in [1.29, 1.82) is 0 Å². The van der Waals surface area contributed by atoms with Crippen LogP contribution < -0.4 is 16.2 Å². The molecule has 0 fully saturated rings. The van der Waals surface area contributed by atoms with Crippen LogP contribution in [-0.2, 0) is 0 Å². The highest BCUT2D eigenvalue weighted by atomic mass is 35.5. The van der Waals surface area contributed by atoms with Gasteiger partial charge in [-0.3, -0.25) is 20.2 Å². The second-order valence-electron chi connectivity index (χ2n) is 3.81. The molecule has 0 aliphatic rings. The summed E-state index contributed by atoms with van der Waals surface area (Å²) in [4.78, 5) is 32.6. The first-order valence-electron chi connectivity index (χ1n) is 5.53. The molecule has 0 saturated carbocycles. The van der Waals surface area contributed by atoms with Crippen LogP contribution in [0.25, 0.3) is 0 Å². The van der Waals surface area contributed by atoms with Crippen LogP contribution in [0, 0.1) is 10.1 Å². The monoisotopic (exact) mass is 309 g/mol. The molecule has 0 atom stereocenters. The van der Waals surface area contributed by atoms with Crippen molar-refractivity contribution in [3.63, 3.8) is 0 Å². The molecule has 3 N–H and O–H groups in total. The number of urea groups is 1. The van der Waals surface area contributed by atoms with E-state index in [0.717, 1.165) is 6.07 Å². The third-order valence-corrected chi connectivity index (χ3v) is 2.66. The number of amides is 2. The number of halogens is 1. The zero-order chi connectivity index (χ0) is 15.4. The minimum Gasteiger partial charge on any atom is -0.306 e. The first-order chi connectivity index (χ1) is 9.95. The fourth-order valence-corrected chi connectivity index (χ4v) is 1.57. The molecule has 1 aromatic heterocycles. The SMILES string of the molecule is O=C(Nc1ccc(=O)[nH]n1)Nc1cc([N+](=O)[O-])ccc1Cl. The van der Waals surface area contributed by atoms with Gasteiger partial charge < -0.3 is 5.32 Å². The number of nitro groups is 1. The van der Waals surface area contributed by atoms with Gasteiger partial charge in [0.2, 0.25) is 0 Å². The average molecular weight is 310 g/mol. The lowest BCUT2D eigenvalue weighted by atomic mass is 10.3. The van der Waals surface area contributed by atoms with Crippen molar-refractivity contribution in [2.45, 2.75) is 0 Å². The topological polar surface area (TPSA) is 130 Å². The Bertz CT molecular complexity index is 740. The third kappa shape index (κ3) is 3.76. The van der Waals surface area contributed by atoms with Gasteiger partial charge in [-0.2, -0.15) is 5.10 Å². The molecule has 108 valence electrons. The van der Waals surface area contributed by atoms with Gasteiger partial charge in [-0.05, 0) is 12.1 Å². The fraction of sp³-hybridized carbons (Fsp3) is 0. The lowest BCUT2D eigenvalue weighted by Crippen LogP contribution is -2.21. The minimum absolute atomic E-state index is 0.0767. The molecule has 2 rings (SSSR count). The van der Waals surface area contributed by atoms with E-state index in [-0.39, 0.29) is 22.2 Å². The summed E-state index contributed by atoms with van der Waals surface area (Å²) in [5.74, 6) is 0.105. The number of rotatable bonds is 3. The number of aromatic amines is 1. The van der Waals surface area contributed by atoms with Crippen LogP contribution >= 0.6 is 11.6 Å². The molecular weight excluding hydrogens is 302 g/mol. The molecule has 0 unspecified atom stereocenters. The Morgan fingerprint density at radius 1 is 1.29 bits per heavy atom. The summed E-state index contributed by atoms with van der Waals surface area (Å²) in [7, 11) is 0. The smallest absolute Gasteiger partial charge is 0.306 e. The highest BCUT2D eigenvalue weighted by Crippen LogP contribution is 2.26. The molecule has 10 heteroatoms. The van der Waals surface area contributed by atoms with Gasteiger partial charge in [0, 0.05) is 18.2 Å². The number of hydrogen-bond donors (Lipinski definition) is 3. The van der Waals surface area contributed by atoms with E-state index in [0.29, 0.717) is 0 Å². The van der Waals surface area contributed by atoms with Crippen LogP contribution in [0.2, 0.25) is 5.02 Å². The van der Waals surface area contributed by atoms with E-state index in [4.69, 9.17) is 11.6 Å². The quantitative estimate of drug-likeness (QED) is 0.589. The minimum atomic E-state index is -0.711. The number of H-pyrrole nitrogens is 1. The highest BCUT2D eigenvalue weighted by molar-refractivity contribution is 6.33. The lowest BCUT2D eigenvalue weighted by Gasteiger charge is -2.08. The Morgan fingerprint density at radius 3 is 2.67 bits per heavy atom. The van der Waals surface area contributed by atoms with Crippen molar-refractivity contribution in [2.24, 2.45) is 0 Å². The van der Waals surface area contributed by atoms with Gasteiger partial charge in [0.15, 0.2) is 5.82 Å². The van der Waals surface area contributed by atoms with Crippen LogP contribution in [0.15, 0.2) is 35.1 Å². The summed E-state index contributed by atoms with van der Waals surface area (Å²) in [5, 5.41) is 21.2. The normalized spacial score (nSPS) is 9.95. The number of nitro benzene ring substituents is 1. The molecule has 21 heavy (non-hydrogen) atoms. The average Bonchev–Trinajstić information content (AvgIpc) is 2.43. The number of nitrogens with one attached hydrogen (secondary N) is 3. The zero-order valence-corrected chi connectivity index (χ0v) is 11.0. The Kier molecular flexibility index (Phi) is 4.14. The number of hydrogen-bond acceptors (Lipinski definition) is 5. The van der Waals surface area contributed by atoms with Gasteiger partial charge in [-0.25, -0.2) is 9.89 Å². The number of anilines is 2. The van der Waals surface area contributed by atoms with Gasteiger partial charge in [0.05, 0.1) is 15.6 Å². The van der Waals surface area contributed by atoms with E-state index >= 15 is 0 Å². The molecule has 0 bridgehead atoms. The van der Waals surface area contributed by atoms with Gasteiger partial charge in [-0.1, -0.05) is 11.6 Å². The van der Waals surface area contributed by atoms with Crippen LogP contribution in [0.3, 0.4) is 0 Å². The van der Waals surface area contributed by atoms with Crippen LogP contribution in [0.4, 0.5) is 22.0 Å². The van der Waals surface area contributed by atoms with E-state index in [1.807, 2.05) is 0 Å². The summed E-state index contributed by atoms with van der Waals surface area (Å²) in [6, 6.07) is 5.41. The predicted octanol–water partition coefficient (Wildman–Crippen LogP) is 1.98. The summed E-state index contributed by atoms with van der Waals surface area (Å²) in [5.41, 5.74) is -0.549. The number of benzene rings is 1. The number of non-ortho nitro benzene ring substituents is 1. The van der Waals surface area contributed by atoms with E-state index in [2.05, 4.69) is 20.8 Å². The van der Waals surface area contributed by atoms with Gasteiger partial charge >= 0.3 is 6.03 Å². The van der Waals surface area contributed by atoms with Crippen molar-refractivity contribution in [1.82, 2.24) is 10.2 Å². The number of nitrogens with zero attached hydrogens (tertiary/aromatic N) is 2. The standard InChI is InChI=1S/C11H8ClN5O4/c12-7-2-1-6(17(20)21)5-8(7)13-11(19)14-9-3-4-10(18)16-15-9/h1-5H,(H,16,18)(H2,13,14,15,19). The zero-order valence-electron chi connectivity index (χ0n) is 10.3. The first-order valence-corrected chi connectivity index (χ1v) is 5.91. The predicted molar refractivity (Wildman–Crippen MR) is 75.6 cm³/mol. The Morgan fingerprint density at radius 2 is 2.05 bits per heavy atom. The molecule has 0 saturated heterocycles. The molecule has 0 spiro atoms. The number of carbonyl (C=O) groups excluding carboxylic acids is 1. The summed E-state index contributed by atoms with van der Waals surface area (Å²) in [6.45, 7) is 0. The molecule has 2 amide bonds. The fourth-order valence-electron chi connectivity index (χ4n) is 1.41. The van der Waals surface area contributed by atoms with Gasteiger partial charge in [-0.15, -0.1) is 0 Å².